The monoisotopic (exact) mass is 432 g/mol. The topological polar surface area (TPSA) is 120 Å². The Hall–Kier alpha value is -2.98. The minimum Gasteiger partial charge on any atom is -0.489 e. The molecule has 2 heterocycles. The van der Waals surface area contributed by atoms with E-state index in [9.17, 15) is 9.50 Å². The number of nitrogens with one attached hydrogen (secondary N) is 1. The van der Waals surface area contributed by atoms with Gasteiger partial charge in [0.05, 0.1) is 11.9 Å². The van der Waals surface area contributed by atoms with Gasteiger partial charge in [0.25, 0.3) is 0 Å². The number of aliphatic hydroxyl groups is 1. The molecule has 0 unspecified atom stereocenters. The van der Waals surface area contributed by atoms with Gasteiger partial charge in [-0.1, -0.05) is 19.4 Å². The number of benzene rings is 1. The van der Waals surface area contributed by atoms with Gasteiger partial charge in [0.15, 0.2) is 23.0 Å². The largest absolute Gasteiger partial charge is 0.489 e. The SMILES string of the molecule is CCC[C@H](CCO)Oc1nc(N)c2ncc(Cc3ccc(OCCNC)c(F)c3)n2n1. The van der Waals surface area contributed by atoms with Crippen molar-refractivity contribution in [3.63, 3.8) is 0 Å². The number of aromatic nitrogens is 4. The van der Waals surface area contributed by atoms with Crippen LogP contribution in [0, 0.1) is 5.82 Å². The Kier molecular flexibility index (Phi) is 7.96. The summed E-state index contributed by atoms with van der Waals surface area (Å²) >= 11 is 0. The predicted octanol–water partition coefficient (Wildman–Crippen LogP) is 1.96. The van der Waals surface area contributed by atoms with Crippen LogP contribution in [0.5, 0.6) is 11.8 Å². The van der Waals surface area contributed by atoms with Crippen molar-refractivity contribution >= 4 is 11.5 Å². The van der Waals surface area contributed by atoms with Crippen molar-refractivity contribution in [3.05, 3.63) is 41.5 Å². The zero-order valence-corrected chi connectivity index (χ0v) is 17.8. The summed E-state index contributed by atoms with van der Waals surface area (Å²) in [6, 6.07) is 4.98. The number of imidazole rings is 1. The van der Waals surface area contributed by atoms with Crippen LogP contribution >= 0.6 is 0 Å². The van der Waals surface area contributed by atoms with Gasteiger partial charge in [-0.25, -0.2) is 13.9 Å². The number of anilines is 1. The quantitative estimate of drug-likeness (QED) is 0.372. The molecule has 10 heteroatoms. The Morgan fingerprint density at radius 2 is 2.16 bits per heavy atom. The Morgan fingerprint density at radius 1 is 1.32 bits per heavy atom. The molecule has 0 fully saturated rings. The molecule has 4 N–H and O–H groups in total. The van der Waals surface area contributed by atoms with Gasteiger partial charge in [-0.05, 0) is 31.2 Å². The van der Waals surface area contributed by atoms with Gasteiger partial charge in [-0.15, -0.1) is 5.10 Å². The fraction of sp³-hybridized carbons (Fsp3) is 0.476. The highest BCUT2D eigenvalue weighted by Crippen LogP contribution is 2.22. The molecule has 168 valence electrons. The molecule has 3 aromatic rings. The van der Waals surface area contributed by atoms with E-state index in [0.29, 0.717) is 37.3 Å². The van der Waals surface area contributed by atoms with E-state index in [1.54, 1.807) is 22.8 Å². The lowest BCUT2D eigenvalue weighted by Gasteiger charge is -2.16. The lowest BCUT2D eigenvalue weighted by molar-refractivity contribution is 0.133. The number of hydrogen-bond acceptors (Lipinski definition) is 8. The van der Waals surface area contributed by atoms with Crippen molar-refractivity contribution in [2.75, 3.05) is 32.5 Å². The molecule has 1 atom stereocenters. The highest BCUT2D eigenvalue weighted by molar-refractivity contribution is 5.59. The molecule has 1 aromatic carbocycles. The second-order valence-electron chi connectivity index (χ2n) is 7.20. The maximum atomic E-state index is 14.4. The molecule has 3 rings (SSSR count). The van der Waals surface area contributed by atoms with Crippen molar-refractivity contribution in [2.45, 2.75) is 38.7 Å². The number of nitrogens with two attached hydrogens (primary N) is 1. The summed E-state index contributed by atoms with van der Waals surface area (Å²) in [6.45, 7) is 3.06. The minimum absolute atomic E-state index is 0.0128. The number of ether oxygens (including phenoxy) is 2. The van der Waals surface area contributed by atoms with Crippen molar-refractivity contribution in [3.8, 4) is 11.8 Å². The van der Waals surface area contributed by atoms with Crippen LogP contribution in [-0.2, 0) is 6.42 Å². The van der Waals surface area contributed by atoms with Crippen LogP contribution < -0.4 is 20.5 Å². The number of nitrogens with zero attached hydrogens (tertiary/aromatic N) is 4. The van der Waals surface area contributed by atoms with Crippen molar-refractivity contribution in [1.82, 2.24) is 24.9 Å². The van der Waals surface area contributed by atoms with Crippen LogP contribution in [0.1, 0.15) is 37.4 Å². The van der Waals surface area contributed by atoms with Crippen molar-refractivity contribution in [2.24, 2.45) is 0 Å². The van der Waals surface area contributed by atoms with Crippen LogP contribution in [0.2, 0.25) is 0 Å². The van der Waals surface area contributed by atoms with Crippen LogP contribution in [0.4, 0.5) is 10.2 Å². The highest BCUT2D eigenvalue weighted by Gasteiger charge is 2.16. The average Bonchev–Trinajstić information content (AvgIpc) is 3.13. The maximum Gasteiger partial charge on any atom is 0.336 e. The third-order valence-electron chi connectivity index (χ3n) is 4.76. The van der Waals surface area contributed by atoms with Crippen molar-refractivity contribution in [1.29, 1.82) is 0 Å². The van der Waals surface area contributed by atoms with Gasteiger partial charge in [0, 0.05) is 26.0 Å². The molecule has 0 spiro atoms. The second-order valence-corrected chi connectivity index (χ2v) is 7.20. The minimum atomic E-state index is -0.424. The zero-order valence-electron chi connectivity index (χ0n) is 17.8. The van der Waals surface area contributed by atoms with Crippen LogP contribution in [-0.4, -0.2) is 57.6 Å². The Morgan fingerprint density at radius 3 is 2.87 bits per heavy atom. The van der Waals surface area contributed by atoms with E-state index in [1.807, 2.05) is 14.0 Å². The fourth-order valence-electron chi connectivity index (χ4n) is 3.22. The van der Waals surface area contributed by atoms with E-state index in [-0.39, 0.29) is 30.3 Å². The summed E-state index contributed by atoms with van der Waals surface area (Å²) in [4.78, 5) is 8.47. The second kappa shape index (κ2) is 10.9. The summed E-state index contributed by atoms with van der Waals surface area (Å²) in [7, 11) is 1.81. The van der Waals surface area contributed by atoms with E-state index in [0.717, 1.165) is 18.4 Å². The standard InChI is InChI=1S/C21H29FN6O3/c1-3-4-16(7-9-29)31-21-26-19(23)20-25-13-15(28(20)27-21)11-14-5-6-18(17(22)12-14)30-10-8-24-2/h5-6,12-13,16,24,29H,3-4,7-11H2,1-2H3,(H2,23,26,27)/t16-/m1/s1. The first kappa shape index (κ1) is 22.7. The molecular weight excluding hydrogens is 403 g/mol. The summed E-state index contributed by atoms with van der Waals surface area (Å²) in [6.07, 6.45) is 3.97. The van der Waals surface area contributed by atoms with Crippen LogP contribution in [0.3, 0.4) is 0 Å². The lowest BCUT2D eigenvalue weighted by Crippen LogP contribution is -2.20. The van der Waals surface area contributed by atoms with E-state index in [1.165, 1.54) is 6.07 Å². The van der Waals surface area contributed by atoms with Crippen LogP contribution in [0.15, 0.2) is 24.4 Å². The molecule has 2 aromatic heterocycles. The number of hydrogen-bond donors (Lipinski definition) is 3. The third-order valence-corrected chi connectivity index (χ3v) is 4.76. The van der Waals surface area contributed by atoms with Gasteiger partial charge in [0.1, 0.15) is 12.7 Å². The normalized spacial score (nSPS) is 12.3. The molecule has 0 saturated carbocycles. The van der Waals surface area contributed by atoms with E-state index >= 15 is 0 Å². The summed E-state index contributed by atoms with van der Waals surface area (Å²) in [5.41, 5.74) is 7.90. The van der Waals surface area contributed by atoms with Gasteiger partial charge >= 0.3 is 6.01 Å². The van der Waals surface area contributed by atoms with E-state index in [4.69, 9.17) is 15.2 Å². The molecule has 0 aliphatic carbocycles. The lowest BCUT2D eigenvalue weighted by atomic mass is 10.1. The first-order chi connectivity index (χ1) is 15.0. The molecule has 0 aliphatic rings. The van der Waals surface area contributed by atoms with Crippen LogP contribution in [0.25, 0.3) is 5.65 Å². The van der Waals surface area contributed by atoms with E-state index in [2.05, 4.69) is 20.4 Å². The number of fused-ring (bicyclic) bond motifs is 1. The number of likely N-dealkylation sites (N-methyl/N-ethyl adjacent to an activating group) is 1. The summed E-state index contributed by atoms with van der Waals surface area (Å²) in [5.74, 6) is -0.0211. The molecule has 0 aliphatic heterocycles. The fourth-order valence-corrected chi connectivity index (χ4v) is 3.22. The maximum absolute atomic E-state index is 14.4. The molecule has 9 nitrogen and oxygen atoms in total. The highest BCUT2D eigenvalue weighted by atomic mass is 19.1. The Balaban J connectivity index is 1.81. The zero-order chi connectivity index (χ0) is 22.2. The van der Waals surface area contributed by atoms with Gasteiger partial charge < -0.3 is 25.6 Å². The third kappa shape index (κ3) is 5.80. The van der Waals surface area contributed by atoms with Gasteiger partial charge in [0.2, 0.25) is 0 Å². The smallest absolute Gasteiger partial charge is 0.336 e. The summed E-state index contributed by atoms with van der Waals surface area (Å²) < 4.78 is 27.2. The number of nitrogen functional groups attached to an aromatic ring is 1. The molecular formula is C21H29FN6O3. The Bertz CT molecular complexity index is 991. The molecule has 31 heavy (non-hydrogen) atoms. The molecule has 0 bridgehead atoms. The van der Waals surface area contributed by atoms with Gasteiger partial charge in [-0.3, -0.25) is 0 Å². The summed E-state index contributed by atoms with van der Waals surface area (Å²) in [5, 5.41) is 16.6. The average molecular weight is 433 g/mol. The molecule has 0 saturated heterocycles. The van der Waals surface area contributed by atoms with Gasteiger partial charge in [-0.2, -0.15) is 4.98 Å². The molecule has 0 amide bonds. The Labute approximate surface area is 180 Å². The van der Waals surface area contributed by atoms with E-state index < -0.39 is 5.82 Å². The number of rotatable bonds is 12. The first-order valence-electron chi connectivity index (χ1n) is 10.4. The predicted molar refractivity (Wildman–Crippen MR) is 115 cm³/mol. The van der Waals surface area contributed by atoms with Crippen molar-refractivity contribution < 1.29 is 19.0 Å². The first-order valence-corrected chi connectivity index (χ1v) is 10.4. The molecule has 0 radical (unpaired) electrons. The number of aliphatic hydroxyl groups excluding tert-OH is 1. The number of halogens is 1.